The summed E-state index contributed by atoms with van der Waals surface area (Å²) in [4.78, 5) is 32.2. The van der Waals surface area contributed by atoms with Gasteiger partial charge in [0, 0.05) is 31.4 Å². The third-order valence-electron chi connectivity index (χ3n) is 6.39. The molecule has 8 nitrogen and oxygen atoms in total. The van der Waals surface area contributed by atoms with Gasteiger partial charge in [-0.2, -0.15) is 0 Å². The van der Waals surface area contributed by atoms with Crippen molar-refractivity contribution in [3.05, 3.63) is 89.8 Å². The van der Waals surface area contributed by atoms with E-state index in [1.54, 1.807) is 23.3 Å². The number of pyridine rings is 1. The van der Waals surface area contributed by atoms with E-state index in [2.05, 4.69) is 10.3 Å². The Labute approximate surface area is 203 Å². The number of rotatable bonds is 7. The smallest absolute Gasteiger partial charge is 0.257 e. The van der Waals surface area contributed by atoms with Crippen LogP contribution >= 0.6 is 0 Å². The van der Waals surface area contributed by atoms with Crippen molar-refractivity contribution in [3.8, 4) is 5.75 Å². The van der Waals surface area contributed by atoms with Crippen LogP contribution in [-0.4, -0.2) is 39.2 Å². The summed E-state index contributed by atoms with van der Waals surface area (Å²) in [6.07, 6.45) is 6.73. The Bertz CT molecular complexity index is 1320. The van der Waals surface area contributed by atoms with Crippen LogP contribution in [0.3, 0.4) is 0 Å². The average molecular weight is 473 g/mol. The third kappa shape index (κ3) is 5.06. The Hall–Kier alpha value is -4.07. The first kappa shape index (κ1) is 22.7. The molecule has 5 rings (SSSR count). The molecule has 1 saturated heterocycles. The fourth-order valence-electron chi connectivity index (χ4n) is 4.44. The first-order valence-electron chi connectivity index (χ1n) is 11.8. The minimum atomic E-state index is -0.112. The van der Waals surface area contributed by atoms with Crippen molar-refractivity contribution in [2.24, 2.45) is 5.92 Å². The zero-order valence-corrected chi connectivity index (χ0v) is 19.6. The highest BCUT2D eigenvalue weighted by Crippen LogP contribution is 2.25. The molecule has 0 saturated carbocycles. The van der Waals surface area contributed by atoms with Crippen LogP contribution in [0.25, 0.3) is 5.65 Å². The number of para-hydroxylation sites is 1. The molecule has 0 unspecified atom stereocenters. The molecule has 1 aromatic carbocycles. The molecule has 4 heterocycles. The predicted octanol–water partition coefficient (Wildman–Crippen LogP) is 3.98. The molecular weight excluding hydrogens is 444 g/mol. The molecule has 0 atom stereocenters. The van der Waals surface area contributed by atoms with Gasteiger partial charge in [0.15, 0.2) is 0 Å². The lowest BCUT2D eigenvalue weighted by Gasteiger charge is -2.31. The highest BCUT2D eigenvalue weighted by Gasteiger charge is 2.29. The van der Waals surface area contributed by atoms with Crippen LogP contribution in [0, 0.1) is 12.8 Å². The standard InChI is InChI=1S/C27H28N4O4/c1-19-6-4-12-31-17-21(29-25(19)31)18-35-24-9-3-2-8-23(24)27(33)30-13-10-20(11-14-30)26(32)28-16-22-7-5-15-34-22/h2-9,12,15,17,20H,10-11,13-14,16,18H2,1H3,(H,28,32). The van der Waals surface area contributed by atoms with Crippen LogP contribution in [0.15, 0.2) is 71.6 Å². The number of hydrogen-bond acceptors (Lipinski definition) is 5. The number of fused-ring (bicyclic) bond motifs is 1. The van der Waals surface area contributed by atoms with Crippen molar-refractivity contribution in [1.29, 1.82) is 0 Å². The predicted molar refractivity (Wildman–Crippen MR) is 130 cm³/mol. The molecule has 0 bridgehead atoms. The highest BCUT2D eigenvalue weighted by molar-refractivity contribution is 5.97. The van der Waals surface area contributed by atoms with E-state index < -0.39 is 0 Å². The Balaban J connectivity index is 1.18. The monoisotopic (exact) mass is 472 g/mol. The summed E-state index contributed by atoms with van der Waals surface area (Å²) in [5, 5.41) is 2.92. The second-order valence-corrected chi connectivity index (χ2v) is 8.80. The van der Waals surface area contributed by atoms with E-state index in [1.165, 1.54) is 0 Å². The van der Waals surface area contributed by atoms with Gasteiger partial charge in [-0.1, -0.05) is 18.2 Å². The zero-order chi connectivity index (χ0) is 24.2. The first-order chi connectivity index (χ1) is 17.1. The molecule has 1 fully saturated rings. The molecule has 2 amide bonds. The lowest BCUT2D eigenvalue weighted by atomic mass is 9.95. The molecule has 8 heteroatoms. The number of nitrogens with zero attached hydrogens (tertiary/aromatic N) is 3. The van der Waals surface area contributed by atoms with Crippen molar-refractivity contribution in [3.63, 3.8) is 0 Å². The summed E-state index contributed by atoms with van der Waals surface area (Å²) in [5.41, 5.74) is 3.30. The lowest BCUT2D eigenvalue weighted by molar-refractivity contribution is -0.126. The fraction of sp³-hybridized carbons (Fsp3) is 0.296. The van der Waals surface area contributed by atoms with Crippen molar-refractivity contribution >= 4 is 17.5 Å². The summed E-state index contributed by atoms with van der Waals surface area (Å²) in [6.45, 7) is 3.72. The second kappa shape index (κ2) is 10.0. The SMILES string of the molecule is Cc1cccn2cc(COc3ccccc3C(=O)N3CCC(C(=O)NCc4ccco4)CC3)nc12. The molecule has 0 aliphatic carbocycles. The van der Waals surface area contributed by atoms with Gasteiger partial charge < -0.3 is 23.8 Å². The van der Waals surface area contributed by atoms with E-state index in [1.807, 2.05) is 60.1 Å². The van der Waals surface area contributed by atoms with Gasteiger partial charge in [-0.3, -0.25) is 9.59 Å². The van der Waals surface area contributed by atoms with E-state index in [9.17, 15) is 9.59 Å². The summed E-state index contributed by atoms with van der Waals surface area (Å²) < 4.78 is 13.3. The molecule has 0 radical (unpaired) electrons. The van der Waals surface area contributed by atoms with Crippen LogP contribution in [0.1, 0.15) is 40.2 Å². The highest BCUT2D eigenvalue weighted by atomic mass is 16.5. The second-order valence-electron chi connectivity index (χ2n) is 8.80. The summed E-state index contributed by atoms with van der Waals surface area (Å²) in [5.74, 6) is 1.06. The normalized spacial score (nSPS) is 14.3. The van der Waals surface area contributed by atoms with Gasteiger partial charge in [0.05, 0.1) is 24.1 Å². The van der Waals surface area contributed by atoms with Gasteiger partial charge in [0.25, 0.3) is 5.91 Å². The van der Waals surface area contributed by atoms with Crippen LogP contribution < -0.4 is 10.1 Å². The van der Waals surface area contributed by atoms with Gasteiger partial charge in [0.2, 0.25) is 5.91 Å². The van der Waals surface area contributed by atoms with E-state index in [4.69, 9.17) is 9.15 Å². The Morgan fingerprint density at radius 1 is 1.11 bits per heavy atom. The number of nitrogens with one attached hydrogen (secondary N) is 1. The fourth-order valence-corrected chi connectivity index (χ4v) is 4.44. The maximum atomic E-state index is 13.3. The number of amides is 2. The quantitative estimate of drug-likeness (QED) is 0.440. The molecule has 1 aliphatic heterocycles. The number of aryl methyl sites for hydroxylation is 1. The first-order valence-corrected chi connectivity index (χ1v) is 11.8. The van der Waals surface area contributed by atoms with Gasteiger partial charge in [-0.05, 0) is 55.7 Å². The van der Waals surface area contributed by atoms with Crippen LogP contribution in [-0.2, 0) is 17.9 Å². The number of imidazole rings is 1. The minimum Gasteiger partial charge on any atom is -0.486 e. The molecule has 180 valence electrons. The van der Waals surface area contributed by atoms with Gasteiger partial charge >= 0.3 is 0 Å². The topological polar surface area (TPSA) is 89.1 Å². The number of carbonyl (C=O) groups is 2. The molecule has 0 spiro atoms. The van der Waals surface area contributed by atoms with Crippen molar-refractivity contribution in [2.45, 2.75) is 32.9 Å². The van der Waals surface area contributed by atoms with Crippen LogP contribution in [0.4, 0.5) is 0 Å². The lowest BCUT2D eigenvalue weighted by Crippen LogP contribution is -2.43. The number of furan rings is 1. The third-order valence-corrected chi connectivity index (χ3v) is 6.39. The summed E-state index contributed by atoms with van der Waals surface area (Å²) in [6, 6.07) is 14.9. The molecule has 35 heavy (non-hydrogen) atoms. The van der Waals surface area contributed by atoms with E-state index in [0.29, 0.717) is 43.8 Å². The van der Waals surface area contributed by atoms with E-state index in [0.717, 1.165) is 22.7 Å². The molecule has 4 aromatic rings. The number of piperidine rings is 1. The van der Waals surface area contributed by atoms with Crippen molar-refractivity contribution in [1.82, 2.24) is 19.6 Å². The van der Waals surface area contributed by atoms with Gasteiger partial charge in [0.1, 0.15) is 23.8 Å². The number of aromatic nitrogens is 2. The number of benzene rings is 1. The van der Waals surface area contributed by atoms with Crippen LogP contribution in [0.2, 0.25) is 0 Å². The number of carbonyl (C=O) groups excluding carboxylic acids is 2. The minimum absolute atomic E-state index is 0.0000706. The van der Waals surface area contributed by atoms with E-state index in [-0.39, 0.29) is 24.3 Å². The maximum absolute atomic E-state index is 13.3. The van der Waals surface area contributed by atoms with Gasteiger partial charge in [-0.25, -0.2) is 4.98 Å². The zero-order valence-electron chi connectivity index (χ0n) is 19.6. The largest absolute Gasteiger partial charge is 0.486 e. The Morgan fingerprint density at radius 2 is 1.94 bits per heavy atom. The Kier molecular flexibility index (Phi) is 6.52. The summed E-state index contributed by atoms with van der Waals surface area (Å²) in [7, 11) is 0. The van der Waals surface area contributed by atoms with E-state index >= 15 is 0 Å². The van der Waals surface area contributed by atoms with Crippen LogP contribution in [0.5, 0.6) is 5.75 Å². The van der Waals surface area contributed by atoms with Crippen molar-refractivity contribution in [2.75, 3.05) is 13.1 Å². The Morgan fingerprint density at radius 3 is 2.71 bits per heavy atom. The maximum Gasteiger partial charge on any atom is 0.257 e. The molecular formula is C27H28N4O4. The summed E-state index contributed by atoms with van der Waals surface area (Å²) >= 11 is 0. The number of ether oxygens (including phenoxy) is 1. The average Bonchev–Trinajstić information content (AvgIpc) is 3.56. The molecule has 1 aliphatic rings. The number of hydrogen-bond donors (Lipinski definition) is 1. The van der Waals surface area contributed by atoms with Crippen molar-refractivity contribution < 1.29 is 18.7 Å². The van der Waals surface area contributed by atoms with Gasteiger partial charge in [-0.15, -0.1) is 0 Å². The molecule has 3 aromatic heterocycles. The molecule has 1 N–H and O–H groups in total. The number of likely N-dealkylation sites (tertiary alicyclic amines) is 1.